The highest BCUT2D eigenvalue weighted by Gasteiger charge is 2.16. The third-order valence-electron chi connectivity index (χ3n) is 3.94. The molecule has 0 aliphatic carbocycles. The minimum absolute atomic E-state index is 0.162. The molecule has 0 spiro atoms. The Morgan fingerprint density at radius 2 is 1.74 bits per heavy atom. The maximum atomic E-state index is 12.7. The monoisotopic (exact) mass is 385 g/mol. The first-order chi connectivity index (χ1) is 12.9. The van der Waals surface area contributed by atoms with Gasteiger partial charge in [-0.2, -0.15) is 0 Å². The number of aryl methyl sites for hydroxylation is 1. The van der Waals surface area contributed by atoms with Crippen LogP contribution >= 0.6 is 0 Å². The van der Waals surface area contributed by atoms with Crippen LogP contribution in [0.2, 0.25) is 0 Å². The highest BCUT2D eigenvalue weighted by atomic mass is 32.2. The molecule has 2 aromatic carbocycles. The number of aromatic nitrogens is 2. The van der Waals surface area contributed by atoms with E-state index >= 15 is 0 Å². The van der Waals surface area contributed by atoms with Crippen LogP contribution in [0.25, 0.3) is 11.3 Å². The van der Waals surface area contributed by atoms with E-state index in [2.05, 4.69) is 14.9 Å². The summed E-state index contributed by atoms with van der Waals surface area (Å²) in [5, 5.41) is 8.01. The lowest BCUT2D eigenvalue weighted by molar-refractivity contribution is 0.392. The Balaban J connectivity index is 1.87. The van der Waals surface area contributed by atoms with E-state index in [0.717, 1.165) is 11.1 Å². The number of benzene rings is 2. The first-order valence-electron chi connectivity index (χ1n) is 8.08. The zero-order valence-corrected chi connectivity index (χ0v) is 15.9. The number of hydrogen-bond acceptors (Lipinski definition) is 6. The fourth-order valence-corrected chi connectivity index (χ4v) is 3.69. The average Bonchev–Trinajstić information content (AvgIpc) is 2.68. The van der Waals surface area contributed by atoms with Crippen LogP contribution in [0.3, 0.4) is 0 Å². The minimum atomic E-state index is -3.73. The largest absolute Gasteiger partial charge is 0.496 e. The zero-order valence-electron chi connectivity index (χ0n) is 15.1. The van der Waals surface area contributed by atoms with E-state index in [1.807, 2.05) is 6.07 Å². The van der Waals surface area contributed by atoms with Gasteiger partial charge < -0.3 is 9.47 Å². The van der Waals surface area contributed by atoms with Gasteiger partial charge in [0, 0.05) is 17.3 Å². The lowest BCUT2D eigenvalue weighted by Crippen LogP contribution is -2.13. The molecule has 1 aromatic heterocycles. The average molecular weight is 385 g/mol. The van der Waals surface area contributed by atoms with Gasteiger partial charge in [0.1, 0.15) is 5.75 Å². The van der Waals surface area contributed by atoms with E-state index in [1.54, 1.807) is 56.5 Å². The number of rotatable bonds is 6. The minimum Gasteiger partial charge on any atom is -0.496 e. The maximum absolute atomic E-state index is 12.7. The van der Waals surface area contributed by atoms with Gasteiger partial charge in [0.2, 0.25) is 5.88 Å². The quantitative estimate of drug-likeness (QED) is 0.700. The number of hydrogen-bond donors (Lipinski definition) is 1. The second-order valence-corrected chi connectivity index (χ2v) is 7.46. The van der Waals surface area contributed by atoms with Gasteiger partial charge >= 0.3 is 0 Å². The van der Waals surface area contributed by atoms with Crippen LogP contribution < -0.4 is 14.2 Å². The normalized spacial score (nSPS) is 11.1. The molecule has 27 heavy (non-hydrogen) atoms. The molecule has 3 aromatic rings. The molecule has 0 bridgehead atoms. The van der Waals surface area contributed by atoms with E-state index in [4.69, 9.17) is 9.47 Å². The standard InChI is InChI=1S/C19H19N3O4S/c1-13-11-16(7-9-18(13)25-2)27(23,24)22-15-6-4-5-14(12-15)17-8-10-19(26-3)21-20-17/h4-12,22H,1-3H3. The van der Waals surface area contributed by atoms with Crippen molar-refractivity contribution in [1.82, 2.24) is 10.2 Å². The molecule has 0 fully saturated rings. The molecule has 0 saturated carbocycles. The van der Waals surface area contributed by atoms with Crippen LogP contribution in [0.4, 0.5) is 5.69 Å². The molecule has 140 valence electrons. The van der Waals surface area contributed by atoms with Crippen LogP contribution in [0, 0.1) is 6.92 Å². The topological polar surface area (TPSA) is 90.4 Å². The van der Waals surface area contributed by atoms with E-state index in [9.17, 15) is 8.42 Å². The molecule has 0 unspecified atom stereocenters. The first-order valence-corrected chi connectivity index (χ1v) is 9.57. The third-order valence-corrected chi connectivity index (χ3v) is 5.32. The molecule has 0 amide bonds. The third kappa shape index (κ3) is 4.17. The molecule has 0 saturated heterocycles. The molecule has 0 radical (unpaired) electrons. The van der Waals surface area contributed by atoms with Crippen molar-refractivity contribution >= 4 is 15.7 Å². The van der Waals surface area contributed by atoms with Crippen molar-refractivity contribution < 1.29 is 17.9 Å². The van der Waals surface area contributed by atoms with Gasteiger partial charge in [0.25, 0.3) is 10.0 Å². The molecule has 7 nitrogen and oxygen atoms in total. The Kier molecular flexibility index (Phi) is 5.27. The van der Waals surface area contributed by atoms with Crippen molar-refractivity contribution in [2.24, 2.45) is 0 Å². The molecule has 1 heterocycles. The first kappa shape index (κ1) is 18.7. The Morgan fingerprint density at radius 3 is 2.37 bits per heavy atom. The fraction of sp³-hybridized carbons (Fsp3) is 0.158. The van der Waals surface area contributed by atoms with Crippen LogP contribution in [-0.2, 0) is 10.0 Å². The smallest absolute Gasteiger partial charge is 0.261 e. The van der Waals surface area contributed by atoms with E-state index in [-0.39, 0.29) is 4.90 Å². The van der Waals surface area contributed by atoms with Crippen molar-refractivity contribution in [3.63, 3.8) is 0 Å². The Hall–Kier alpha value is -3.13. The van der Waals surface area contributed by atoms with Gasteiger partial charge in [-0.1, -0.05) is 12.1 Å². The Morgan fingerprint density at radius 1 is 0.926 bits per heavy atom. The summed E-state index contributed by atoms with van der Waals surface area (Å²) in [7, 11) is -0.674. The van der Waals surface area contributed by atoms with E-state index < -0.39 is 10.0 Å². The summed E-state index contributed by atoms with van der Waals surface area (Å²) >= 11 is 0. The van der Waals surface area contributed by atoms with Gasteiger partial charge in [-0.3, -0.25) is 4.72 Å². The Bertz CT molecular complexity index is 1050. The molecule has 1 N–H and O–H groups in total. The van der Waals surface area contributed by atoms with Crippen molar-refractivity contribution in [2.75, 3.05) is 18.9 Å². The molecule has 0 aliphatic rings. The Labute approximate surface area is 158 Å². The van der Waals surface area contributed by atoms with Crippen LogP contribution in [-0.4, -0.2) is 32.8 Å². The van der Waals surface area contributed by atoms with E-state index in [1.165, 1.54) is 13.2 Å². The second kappa shape index (κ2) is 7.63. The summed E-state index contributed by atoms with van der Waals surface area (Å²) in [4.78, 5) is 0.162. The summed E-state index contributed by atoms with van der Waals surface area (Å²) in [5.74, 6) is 1.04. The molecular formula is C19H19N3O4S. The molecule has 0 atom stereocenters. The number of methoxy groups -OCH3 is 2. The van der Waals surface area contributed by atoms with Crippen LogP contribution in [0.15, 0.2) is 59.5 Å². The van der Waals surface area contributed by atoms with Gasteiger partial charge in [-0.25, -0.2) is 8.42 Å². The number of ether oxygens (including phenoxy) is 2. The predicted octanol–water partition coefficient (Wildman–Crippen LogP) is 3.27. The van der Waals surface area contributed by atoms with Gasteiger partial charge in [0.05, 0.1) is 24.8 Å². The molecule has 0 aliphatic heterocycles. The van der Waals surface area contributed by atoms with Gasteiger partial charge in [-0.15, -0.1) is 10.2 Å². The SMILES string of the molecule is COc1ccc(-c2cccc(NS(=O)(=O)c3ccc(OC)c(C)c3)c2)nn1. The molecular weight excluding hydrogens is 366 g/mol. The fourth-order valence-electron chi connectivity index (χ4n) is 2.56. The molecule has 8 heteroatoms. The number of nitrogens with one attached hydrogen (secondary N) is 1. The van der Waals surface area contributed by atoms with Gasteiger partial charge in [0.15, 0.2) is 0 Å². The lowest BCUT2D eigenvalue weighted by atomic mass is 10.1. The predicted molar refractivity (Wildman–Crippen MR) is 103 cm³/mol. The number of sulfonamides is 1. The zero-order chi connectivity index (χ0) is 19.4. The molecule has 3 rings (SSSR count). The van der Waals surface area contributed by atoms with Crippen molar-refractivity contribution in [3.05, 3.63) is 60.2 Å². The summed E-state index contributed by atoms with van der Waals surface area (Å²) in [5.41, 5.74) is 2.51. The maximum Gasteiger partial charge on any atom is 0.261 e. The highest BCUT2D eigenvalue weighted by molar-refractivity contribution is 7.92. The number of nitrogens with zero attached hydrogens (tertiary/aromatic N) is 2. The second-order valence-electron chi connectivity index (χ2n) is 5.78. The van der Waals surface area contributed by atoms with Gasteiger partial charge in [-0.05, 0) is 48.9 Å². The van der Waals surface area contributed by atoms with Crippen molar-refractivity contribution in [3.8, 4) is 22.9 Å². The summed E-state index contributed by atoms with van der Waals surface area (Å²) in [6.07, 6.45) is 0. The van der Waals surface area contributed by atoms with Crippen molar-refractivity contribution in [2.45, 2.75) is 11.8 Å². The van der Waals surface area contributed by atoms with Crippen LogP contribution in [0.5, 0.6) is 11.6 Å². The summed E-state index contributed by atoms with van der Waals surface area (Å²) in [6.45, 7) is 1.79. The van der Waals surface area contributed by atoms with Crippen molar-refractivity contribution in [1.29, 1.82) is 0 Å². The number of anilines is 1. The summed E-state index contributed by atoms with van der Waals surface area (Å²) in [6, 6.07) is 15.1. The van der Waals surface area contributed by atoms with Crippen LogP contribution in [0.1, 0.15) is 5.56 Å². The van der Waals surface area contributed by atoms with E-state index in [0.29, 0.717) is 23.0 Å². The lowest BCUT2D eigenvalue weighted by Gasteiger charge is -2.11. The summed E-state index contributed by atoms with van der Waals surface area (Å²) < 4.78 is 38.1. The highest BCUT2D eigenvalue weighted by Crippen LogP contribution is 2.25.